The van der Waals surface area contributed by atoms with Crippen LogP contribution in [0.4, 0.5) is 0 Å². The lowest BCUT2D eigenvalue weighted by Gasteiger charge is -2.26. The average molecular weight is 273 g/mol. The fourth-order valence-electron chi connectivity index (χ4n) is 3.27. The standard InChI is InChI=1S/C18H27NO/c1-14-10-11-17(15(2)12-14)18(20)13-19(3)16-8-6-4-5-7-9-16/h10-12,16H,4-9,13H2,1-3H3. The number of Topliss-reactive ketones (excluding diaryl/α,β-unsaturated/α-hetero) is 1. The van der Waals surface area contributed by atoms with Gasteiger partial charge in [-0.15, -0.1) is 0 Å². The van der Waals surface area contributed by atoms with Gasteiger partial charge in [0.05, 0.1) is 6.54 Å². The van der Waals surface area contributed by atoms with E-state index in [2.05, 4.69) is 24.9 Å². The van der Waals surface area contributed by atoms with Crippen molar-refractivity contribution in [2.45, 2.75) is 58.4 Å². The van der Waals surface area contributed by atoms with Gasteiger partial charge < -0.3 is 0 Å². The fourth-order valence-corrected chi connectivity index (χ4v) is 3.27. The average Bonchev–Trinajstić information content (AvgIpc) is 2.67. The number of carbonyl (C=O) groups excluding carboxylic acids is 1. The van der Waals surface area contributed by atoms with Gasteiger partial charge in [-0.2, -0.15) is 0 Å². The molecule has 2 rings (SSSR count). The van der Waals surface area contributed by atoms with Crippen LogP contribution in [0.5, 0.6) is 0 Å². The van der Waals surface area contributed by atoms with E-state index < -0.39 is 0 Å². The van der Waals surface area contributed by atoms with Crippen molar-refractivity contribution < 1.29 is 4.79 Å². The molecule has 110 valence electrons. The first-order chi connectivity index (χ1) is 9.58. The van der Waals surface area contributed by atoms with Crippen LogP contribution in [-0.2, 0) is 0 Å². The van der Waals surface area contributed by atoms with Crippen LogP contribution in [0.15, 0.2) is 18.2 Å². The van der Waals surface area contributed by atoms with Crippen molar-refractivity contribution in [2.75, 3.05) is 13.6 Å². The number of hydrogen-bond acceptors (Lipinski definition) is 2. The Kier molecular flexibility index (Phi) is 5.36. The molecular formula is C18H27NO. The predicted molar refractivity (Wildman–Crippen MR) is 84.4 cm³/mol. The molecular weight excluding hydrogens is 246 g/mol. The van der Waals surface area contributed by atoms with Gasteiger partial charge in [-0.25, -0.2) is 0 Å². The van der Waals surface area contributed by atoms with Crippen molar-refractivity contribution in [3.8, 4) is 0 Å². The lowest BCUT2D eigenvalue weighted by molar-refractivity contribution is 0.0911. The third kappa shape index (κ3) is 3.92. The van der Waals surface area contributed by atoms with E-state index in [4.69, 9.17) is 0 Å². The van der Waals surface area contributed by atoms with Gasteiger partial charge in [-0.3, -0.25) is 9.69 Å². The van der Waals surface area contributed by atoms with Gasteiger partial charge in [0.2, 0.25) is 0 Å². The molecule has 1 aliphatic rings. The molecule has 0 spiro atoms. The lowest BCUT2D eigenvalue weighted by atomic mass is 10.0. The number of likely N-dealkylation sites (N-methyl/N-ethyl adjacent to an activating group) is 1. The molecule has 2 heteroatoms. The Morgan fingerprint density at radius 2 is 1.80 bits per heavy atom. The molecule has 0 atom stereocenters. The van der Waals surface area contributed by atoms with Crippen molar-refractivity contribution in [1.29, 1.82) is 0 Å². The van der Waals surface area contributed by atoms with Gasteiger partial charge in [0.15, 0.2) is 5.78 Å². The van der Waals surface area contributed by atoms with Crippen LogP contribution in [0.3, 0.4) is 0 Å². The van der Waals surface area contributed by atoms with Crippen molar-refractivity contribution in [3.05, 3.63) is 34.9 Å². The van der Waals surface area contributed by atoms with Gasteiger partial charge in [0.1, 0.15) is 0 Å². The maximum Gasteiger partial charge on any atom is 0.177 e. The molecule has 1 aliphatic carbocycles. The Morgan fingerprint density at radius 3 is 2.40 bits per heavy atom. The maximum absolute atomic E-state index is 12.5. The zero-order valence-electron chi connectivity index (χ0n) is 13.1. The molecule has 0 aliphatic heterocycles. The molecule has 0 radical (unpaired) electrons. The first-order valence-corrected chi connectivity index (χ1v) is 7.88. The van der Waals surface area contributed by atoms with Gasteiger partial charge in [-0.05, 0) is 39.3 Å². The Hall–Kier alpha value is -1.15. The van der Waals surface area contributed by atoms with Crippen molar-refractivity contribution in [1.82, 2.24) is 4.90 Å². The van der Waals surface area contributed by atoms with E-state index >= 15 is 0 Å². The molecule has 0 aromatic heterocycles. The quantitative estimate of drug-likeness (QED) is 0.607. The number of nitrogens with zero attached hydrogens (tertiary/aromatic N) is 1. The Bertz CT molecular complexity index is 458. The topological polar surface area (TPSA) is 20.3 Å². The van der Waals surface area contributed by atoms with Crippen molar-refractivity contribution in [2.24, 2.45) is 0 Å². The molecule has 0 bridgehead atoms. The summed E-state index contributed by atoms with van der Waals surface area (Å²) in [4.78, 5) is 14.7. The van der Waals surface area contributed by atoms with Crippen LogP contribution < -0.4 is 0 Å². The molecule has 0 saturated heterocycles. The Labute approximate surface area is 123 Å². The highest BCUT2D eigenvalue weighted by Crippen LogP contribution is 2.21. The fraction of sp³-hybridized carbons (Fsp3) is 0.611. The summed E-state index contributed by atoms with van der Waals surface area (Å²) < 4.78 is 0. The predicted octanol–water partition coefficient (Wildman–Crippen LogP) is 4.14. The summed E-state index contributed by atoms with van der Waals surface area (Å²) in [7, 11) is 2.11. The molecule has 1 aromatic rings. The van der Waals surface area contributed by atoms with E-state index in [1.165, 1.54) is 44.1 Å². The van der Waals surface area contributed by atoms with Gasteiger partial charge in [-0.1, -0.05) is 49.4 Å². The molecule has 0 unspecified atom stereocenters. The monoisotopic (exact) mass is 273 g/mol. The van der Waals surface area contributed by atoms with Crippen molar-refractivity contribution >= 4 is 5.78 Å². The molecule has 0 amide bonds. The second-order valence-corrected chi connectivity index (χ2v) is 6.30. The molecule has 2 nitrogen and oxygen atoms in total. The van der Waals surface area contributed by atoms with Gasteiger partial charge >= 0.3 is 0 Å². The van der Waals surface area contributed by atoms with Gasteiger partial charge in [0.25, 0.3) is 0 Å². The summed E-state index contributed by atoms with van der Waals surface area (Å²) in [5, 5.41) is 0. The van der Waals surface area contributed by atoms with Crippen LogP contribution in [-0.4, -0.2) is 30.3 Å². The van der Waals surface area contributed by atoms with E-state index in [9.17, 15) is 4.79 Å². The molecule has 0 N–H and O–H groups in total. The summed E-state index contributed by atoms with van der Waals surface area (Å²) in [6.45, 7) is 4.65. The summed E-state index contributed by atoms with van der Waals surface area (Å²) in [5.41, 5.74) is 3.21. The molecule has 1 saturated carbocycles. The highest BCUT2D eigenvalue weighted by molar-refractivity contribution is 5.98. The number of ketones is 1. The third-order valence-corrected chi connectivity index (χ3v) is 4.52. The largest absolute Gasteiger partial charge is 0.296 e. The minimum absolute atomic E-state index is 0.259. The van der Waals surface area contributed by atoms with Gasteiger partial charge in [0, 0.05) is 11.6 Å². The minimum Gasteiger partial charge on any atom is -0.296 e. The number of hydrogen-bond donors (Lipinski definition) is 0. The Balaban J connectivity index is 1.99. The van der Waals surface area contributed by atoms with Crippen LogP contribution in [0, 0.1) is 13.8 Å². The number of carbonyl (C=O) groups is 1. The normalized spacial score (nSPS) is 17.2. The van der Waals surface area contributed by atoms with Crippen LogP contribution in [0.1, 0.15) is 60.0 Å². The maximum atomic E-state index is 12.5. The first-order valence-electron chi connectivity index (χ1n) is 7.88. The first kappa shape index (κ1) is 15.2. The summed E-state index contributed by atoms with van der Waals surface area (Å²) >= 11 is 0. The molecule has 20 heavy (non-hydrogen) atoms. The zero-order chi connectivity index (χ0) is 14.5. The minimum atomic E-state index is 0.259. The van der Waals surface area contributed by atoms with Crippen molar-refractivity contribution in [3.63, 3.8) is 0 Å². The van der Waals surface area contributed by atoms with E-state index in [0.29, 0.717) is 12.6 Å². The lowest BCUT2D eigenvalue weighted by Crippen LogP contribution is -2.35. The second kappa shape index (κ2) is 7.03. The summed E-state index contributed by atoms with van der Waals surface area (Å²) in [6, 6.07) is 6.70. The Morgan fingerprint density at radius 1 is 1.15 bits per heavy atom. The van der Waals surface area contributed by atoms with E-state index in [1.54, 1.807) is 0 Å². The van der Waals surface area contributed by atoms with Crippen LogP contribution in [0.25, 0.3) is 0 Å². The molecule has 1 fully saturated rings. The van der Waals surface area contributed by atoms with Crippen LogP contribution >= 0.6 is 0 Å². The highest BCUT2D eigenvalue weighted by Gasteiger charge is 2.20. The molecule has 1 aromatic carbocycles. The SMILES string of the molecule is Cc1ccc(C(=O)CN(C)C2CCCCCC2)c(C)c1. The number of rotatable bonds is 4. The number of benzene rings is 1. The van der Waals surface area contributed by atoms with E-state index in [0.717, 1.165) is 11.1 Å². The summed E-state index contributed by atoms with van der Waals surface area (Å²) in [6.07, 6.45) is 7.83. The third-order valence-electron chi connectivity index (χ3n) is 4.52. The second-order valence-electron chi connectivity index (χ2n) is 6.30. The van der Waals surface area contributed by atoms with Crippen LogP contribution in [0.2, 0.25) is 0 Å². The highest BCUT2D eigenvalue weighted by atomic mass is 16.1. The molecule has 0 heterocycles. The van der Waals surface area contributed by atoms with E-state index in [1.807, 2.05) is 19.1 Å². The number of aryl methyl sites for hydroxylation is 2. The zero-order valence-corrected chi connectivity index (χ0v) is 13.1. The van der Waals surface area contributed by atoms with E-state index in [-0.39, 0.29) is 5.78 Å². The smallest absolute Gasteiger partial charge is 0.177 e. The summed E-state index contributed by atoms with van der Waals surface area (Å²) in [5.74, 6) is 0.259.